The summed E-state index contributed by atoms with van der Waals surface area (Å²) in [6.07, 6.45) is 3.52. The van der Waals surface area contributed by atoms with Gasteiger partial charge in [-0.2, -0.15) is 0 Å². The number of anilines is 1. The van der Waals surface area contributed by atoms with Gasteiger partial charge in [0.25, 0.3) is 0 Å². The number of carbonyl (C=O) groups is 1. The second kappa shape index (κ2) is 6.43. The van der Waals surface area contributed by atoms with Crippen LogP contribution in [0.15, 0.2) is 24.3 Å². The van der Waals surface area contributed by atoms with Crippen molar-refractivity contribution in [2.24, 2.45) is 5.41 Å². The molecule has 1 aromatic rings. The Morgan fingerprint density at radius 1 is 1.28 bits per heavy atom. The fourth-order valence-electron chi connectivity index (χ4n) is 1.57. The third-order valence-corrected chi connectivity index (χ3v) is 3.09. The Labute approximate surface area is 109 Å². The van der Waals surface area contributed by atoms with Crippen molar-refractivity contribution in [1.29, 1.82) is 0 Å². The van der Waals surface area contributed by atoms with Gasteiger partial charge in [0.2, 0.25) is 0 Å². The predicted molar refractivity (Wildman–Crippen MR) is 75.0 cm³/mol. The lowest BCUT2D eigenvalue weighted by atomic mass is 9.94. The average molecular weight is 249 g/mol. The number of aryl methyl sites for hydroxylation is 1. The molecule has 0 aromatic heterocycles. The Morgan fingerprint density at radius 3 is 2.39 bits per heavy atom. The zero-order chi connectivity index (χ0) is 13.6. The predicted octanol–water partition coefficient (Wildman–Crippen LogP) is 3.55. The van der Waals surface area contributed by atoms with Gasteiger partial charge in [-0.1, -0.05) is 25.5 Å². The van der Waals surface area contributed by atoms with Crippen LogP contribution < -0.4 is 5.32 Å². The first-order chi connectivity index (χ1) is 8.45. The minimum atomic E-state index is -0.783. The second-order valence-corrected chi connectivity index (χ2v) is 5.34. The van der Waals surface area contributed by atoms with E-state index >= 15 is 0 Å². The van der Waals surface area contributed by atoms with E-state index in [0.717, 1.165) is 12.1 Å². The van der Waals surface area contributed by atoms with Crippen molar-refractivity contribution >= 4 is 11.7 Å². The van der Waals surface area contributed by atoms with E-state index in [-0.39, 0.29) is 0 Å². The fourth-order valence-corrected chi connectivity index (χ4v) is 1.57. The van der Waals surface area contributed by atoms with Crippen molar-refractivity contribution in [1.82, 2.24) is 0 Å². The molecule has 1 rings (SSSR count). The van der Waals surface area contributed by atoms with Crippen LogP contribution in [0.2, 0.25) is 0 Å². The van der Waals surface area contributed by atoms with Crippen molar-refractivity contribution < 1.29 is 9.90 Å². The number of benzene rings is 1. The first-order valence-electron chi connectivity index (χ1n) is 6.52. The highest BCUT2D eigenvalue weighted by atomic mass is 16.4. The molecule has 0 radical (unpaired) electrons. The average Bonchev–Trinajstić information content (AvgIpc) is 2.35. The number of hydrogen-bond donors (Lipinski definition) is 2. The molecule has 3 nitrogen and oxygen atoms in total. The first-order valence-corrected chi connectivity index (χ1v) is 6.52. The standard InChI is InChI=1S/C15H23NO2/c1-4-5-6-12-7-9-13(10-8-12)16-11-15(2,3)14(17)18/h7-10,16H,4-6,11H2,1-3H3,(H,17,18). The molecule has 0 saturated carbocycles. The topological polar surface area (TPSA) is 49.3 Å². The molecule has 0 atom stereocenters. The Morgan fingerprint density at radius 2 is 1.89 bits per heavy atom. The van der Waals surface area contributed by atoms with Crippen LogP contribution in [-0.2, 0) is 11.2 Å². The van der Waals surface area contributed by atoms with Crippen molar-refractivity contribution in [3.05, 3.63) is 29.8 Å². The lowest BCUT2D eigenvalue weighted by Crippen LogP contribution is -2.31. The molecule has 0 amide bonds. The molecule has 0 saturated heterocycles. The van der Waals surface area contributed by atoms with Crippen molar-refractivity contribution in [2.45, 2.75) is 40.0 Å². The molecule has 1 aromatic carbocycles. The summed E-state index contributed by atoms with van der Waals surface area (Å²) >= 11 is 0. The first kappa shape index (κ1) is 14.6. The SMILES string of the molecule is CCCCc1ccc(NCC(C)(C)C(=O)O)cc1. The number of carboxylic acid groups (broad SMARTS) is 1. The maximum absolute atomic E-state index is 11.0. The number of carboxylic acids is 1. The molecule has 0 heterocycles. The minimum Gasteiger partial charge on any atom is -0.481 e. The van der Waals surface area contributed by atoms with Gasteiger partial charge in [-0.05, 0) is 44.4 Å². The van der Waals surface area contributed by atoms with Gasteiger partial charge in [0.15, 0.2) is 0 Å². The summed E-state index contributed by atoms with van der Waals surface area (Å²) < 4.78 is 0. The monoisotopic (exact) mass is 249 g/mol. The van der Waals surface area contributed by atoms with Gasteiger partial charge >= 0.3 is 5.97 Å². The Hall–Kier alpha value is -1.51. The summed E-state index contributed by atoms with van der Waals surface area (Å²) in [6, 6.07) is 8.24. The molecule has 100 valence electrons. The summed E-state index contributed by atoms with van der Waals surface area (Å²) in [5, 5.41) is 12.2. The zero-order valence-electron chi connectivity index (χ0n) is 11.5. The third-order valence-electron chi connectivity index (χ3n) is 3.09. The van der Waals surface area contributed by atoms with Gasteiger partial charge in [-0.25, -0.2) is 0 Å². The van der Waals surface area contributed by atoms with Crippen LogP contribution in [0.4, 0.5) is 5.69 Å². The van der Waals surface area contributed by atoms with E-state index in [1.54, 1.807) is 13.8 Å². The summed E-state index contributed by atoms with van der Waals surface area (Å²) in [5.74, 6) is -0.783. The third kappa shape index (κ3) is 4.40. The highest BCUT2D eigenvalue weighted by Crippen LogP contribution is 2.18. The van der Waals surface area contributed by atoms with Crippen molar-refractivity contribution in [3.63, 3.8) is 0 Å². The van der Waals surface area contributed by atoms with E-state index in [0.29, 0.717) is 6.54 Å². The van der Waals surface area contributed by atoms with Crippen LogP contribution in [0.5, 0.6) is 0 Å². The van der Waals surface area contributed by atoms with Gasteiger partial charge in [0.05, 0.1) is 5.41 Å². The molecule has 0 fully saturated rings. The highest BCUT2D eigenvalue weighted by molar-refractivity contribution is 5.74. The maximum atomic E-state index is 11.0. The van der Waals surface area contributed by atoms with E-state index in [9.17, 15) is 4.79 Å². The Kier molecular flexibility index (Phi) is 5.20. The highest BCUT2D eigenvalue weighted by Gasteiger charge is 2.26. The van der Waals surface area contributed by atoms with Gasteiger partial charge in [-0.3, -0.25) is 4.79 Å². The summed E-state index contributed by atoms with van der Waals surface area (Å²) in [7, 11) is 0. The van der Waals surface area contributed by atoms with Crippen LogP contribution in [0.3, 0.4) is 0 Å². The molecule has 0 aliphatic carbocycles. The molecule has 0 aliphatic rings. The molecule has 0 unspecified atom stereocenters. The molecule has 0 bridgehead atoms. The van der Waals surface area contributed by atoms with Gasteiger partial charge < -0.3 is 10.4 Å². The number of nitrogens with one attached hydrogen (secondary N) is 1. The lowest BCUT2D eigenvalue weighted by Gasteiger charge is -2.20. The second-order valence-electron chi connectivity index (χ2n) is 5.34. The van der Waals surface area contributed by atoms with Gasteiger partial charge in [0.1, 0.15) is 0 Å². The molecule has 0 aliphatic heterocycles. The van der Waals surface area contributed by atoms with E-state index in [2.05, 4.69) is 24.4 Å². The van der Waals surface area contributed by atoms with E-state index in [4.69, 9.17) is 5.11 Å². The van der Waals surface area contributed by atoms with Crippen LogP contribution in [0, 0.1) is 5.41 Å². The fraction of sp³-hybridized carbons (Fsp3) is 0.533. The summed E-state index contributed by atoms with van der Waals surface area (Å²) in [4.78, 5) is 11.0. The normalized spacial score (nSPS) is 11.3. The number of unbranched alkanes of at least 4 members (excludes halogenated alkanes) is 1. The van der Waals surface area contributed by atoms with Crippen molar-refractivity contribution in [2.75, 3.05) is 11.9 Å². The lowest BCUT2D eigenvalue weighted by molar-refractivity contribution is -0.146. The maximum Gasteiger partial charge on any atom is 0.310 e. The Bertz CT molecular complexity index is 382. The smallest absolute Gasteiger partial charge is 0.310 e. The summed E-state index contributed by atoms with van der Waals surface area (Å²) in [5.41, 5.74) is 1.56. The van der Waals surface area contributed by atoms with Gasteiger partial charge in [0, 0.05) is 12.2 Å². The molecule has 3 heteroatoms. The molecular weight excluding hydrogens is 226 g/mol. The number of hydrogen-bond acceptors (Lipinski definition) is 2. The van der Waals surface area contributed by atoms with Crippen LogP contribution in [0.25, 0.3) is 0 Å². The van der Waals surface area contributed by atoms with Gasteiger partial charge in [-0.15, -0.1) is 0 Å². The zero-order valence-corrected chi connectivity index (χ0v) is 11.5. The number of aliphatic carboxylic acids is 1. The van der Waals surface area contributed by atoms with Crippen LogP contribution in [-0.4, -0.2) is 17.6 Å². The van der Waals surface area contributed by atoms with E-state index in [1.165, 1.54) is 18.4 Å². The van der Waals surface area contributed by atoms with E-state index in [1.807, 2.05) is 12.1 Å². The summed E-state index contributed by atoms with van der Waals surface area (Å²) in [6.45, 7) is 6.05. The molecular formula is C15H23NO2. The Balaban J connectivity index is 2.51. The minimum absolute atomic E-state index is 0.427. The quantitative estimate of drug-likeness (QED) is 0.777. The van der Waals surface area contributed by atoms with Crippen LogP contribution >= 0.6 is 0 Å². The largest absolute Gasteiger partial charge is 0.481 e. The molecule has 0 spiro atoms. The molecule has 18 heavy (non-hydrogen) atoms. The number of rotatable bonds is 7. The van der Waals surface area contributed by atoms with E-state index < -0.39 is 11.4 Å². The van der Waals surface area contributed by atoms with Crippen molar-refractivity contribution in [3.8, 4) is 0 Å². The molecule has 2 N–H and O–H groups in total. The van der Waals surface area contributed by atoms with Crippen LogP contribution in [0.1, 0.15) is 39.2 Å².